The van der Waals surface area contributed by atoms with Crippen LogP contribution in [0.4, 0.5) is 11.6 Å². The second-order valence-corrected chi connectivity index (χ2v) is 7.12. The Morgan fingerprint density at radius 1 is 1.00 bits per heavy atom. The molecule has 1 aliphatic heterocycles. The first kappa shape index (κ1) is 16.8. The summed E-state index contributed by atoms with van der Waals surface area (Å²) in [5.74, 6) is 1.01. The van der Waals surface area contributed by atoms with E-state index >= 15 is 0 Å². The molecule has 26 heavy (non-hydrogen) atoms. The minimum atomic E-state index is 0.943. The monoisotopic (exact) mass is 350 g/mol. The summed E-state index contributed by atoms with van der Waals surface area (Å²) in [5, 5.41) is 0. The van der Waals surface area contributed by atoms with Gasteiger partial charge in [0.05, 0.1) is 5.69 Å². The number of rotatable bonds is 4. The molecule has 0 bridgehead atoms. The highest BCUT2D eigenvalue weighted by Crippen LogP contribution is 2.27. The van der Waals surface area contributed by atoms with Crippen molar-refractivity contribution in [2.45, 2.75) is 6.54 Å². The van der Waals surface area contributed by atoms with Crippen LogP contribution < -0.4 is 9.80 Å². The van der Waals surface area contributed by atoms with E-state index in [1.54, 1.807) is 0 Å². The Kier molecular flexibility index (Phi) is 4.51. The van der Waals surface area contributed by atoms with Crippen LogP contribution in [0.5, 0.6) is 0 Å². The van der Waals surface area contributed by atoms with E-state index in [1.807, 2.05) is 26.4 Å². The Morgan fingerprint density at radius 2 is 1.73 bits per heavy atom. The van der Waals surface area contributed by atoms with Gasteiger partial charge >= 0.3 is 0 Å². The van der Waals surface area contributed by atoms with Gasteiger partial charge in [0, 0.05) is 60.1 Å². The summed E-state index contributed by atoms with van der Waals surface area (Å²) in [6.07, 6.45) is 1.86. The fourth-order valence-electron chi connectivity index (χ4n) is 3.65. The number of benzene rings is 1. The van der Waals surface area contributed by atoms with Crippen molar-refractivity contribution in [1.82, 2.24) is 19.4 Å². The number of piperazine rings is 1. The summed E-state index contributed by atoms with van der Waals surface area (Å²) in [6.45, 7) is 5.09. The Bertz CT molecular complexity index is 878. The molecule has 1 fully saturated rings. The highest BCUT2D eigenvalue weighted by Gasteiger charge is 2.22. The SMILES string of the molecule is CN(C)c1ccnc2c1nc(N1CCN(Cc3ccccc3)CC1)n2C. The van der Waals surface area contributed by atoms with Crippen molar-refractivity contribution in [3.8, 4) is 0 Å². The summed E-state index contributed by atoms with van der Waals surface area (Å²) in [7, 11) is 6.16. The van der Waals surface area contributed by atoms with Crippen LogP contribution in [0.3, 0.4) is 0 Å². The second kappa shape index (κ2) is 6.96. The fraction of sp³-hybridized carbons (Fsp3) is 0.400. The molecule has 6 nitrogen and oxygen atoms in total. The van der Waals surface area contributed by atoms with E-state index in [-0.39, 0.29) is 0 Å². The molecule has 0 atom stereocenters. The third kappa shape index (κ3) is 3.12. The number of hydrogen-bond acceptors (Lipinski definition) is 5. The minimum Gasteiger partial charge on any atom is -0.376 e. The van der Waals surface area contributed by atoms with Gasteiger partial charge in [0.15, 0.2) is 5.65 Å². The lowest BCUT2D eigenvalue weighted by atomic mass is 10.2. The first-order valence-corrected chi connectivity index (χ1v) is 9.13. The van der Waals surface area contributed by atoms with E-state index in [1.165, 1.54) is 5.56 Å². The molecular formula is C20H26N6. The van der Waals surface area contributed by atoms with Crippen LogP contribution in [0.15, 0.2) is 42.6 Å². The standard InChI is InChI=1S/C20H26N6/c1-23(2)17-9-10-21-19-18(17)22-20(24(19)3)26-13-11-25(12-14-26)15-16-7-5-4-6-8-16/h4-10H,11-15H2,1-3H3. The zero-order valence-electron chi connectivity index (χ0n) is 15.8. The minimum absolute atomic E-state index is 0.943. The number of imidazole rings is 1. The molecule has 1 aliphatic rings. The first-order chi connectivity index (χ1) is 12.6. The average Bonchev–Trinajstić information content (AvgIpc) is 3.00. The second-order valence-electron chi connectivity index (χ2n) is 7.12. The largest absolute Gasteiger partial charge is 0.376 e. The number of hydrogen-bond donors (Lipinski definition) is 0. The molecule has 0 saturated carbocycles. The Labute approximate surface area is 154 Å². The van der Waals surface area contributed by atoms with E-state index < -0.39 is 0 Å². The number of fused-ring (bicyclic) bond motifs is 1. The van der Waals surface area contributed by atoms with Crippen molar-refractivity contribution in [1.29, 1.82) is 0 Å². The van der Waals surface area contributed by atoms with Crippen LogP contribution in [0.2, 0.25) is 0 Å². The van der Waals surface area contributed by atoms with Gasteiger partial charge in [-0.3, -0.25) is 9.47 Å². The molecule has 1 saturated heterocycles. The maximum absolute atomic E-state index is 4.93. The number of aryl methyl sites for hydroxylation is 1. The summed E-state index contributed by atoms with van der Waals surface area (Å²) in [5.41, 5.74) is 4.41. The Balaban J connectivity index is 1.51. The summed E-state index contributed by atoms with van der Waals surface area (Å²) in [4.78, 5) is 16.5. The highest BCUT2D eigenvalue weighted by molar-refractivity contribution is 5.88. The zero-order chi connectivity index (χ0) is 18.1. The lowest BCUT2D eigenvalue weighted by Crippen LogP contribution is -2.46. The van der Waals surface area contributed by atoms with Crippen LogP contribution in [-0.2, 0) is 13.6 Å². The molecule has 3 aromatic rings. The van der Waals surface area contributed by atoms with E-state index in [0.717, 1.165) is 55.5 Å². The number of anilines is 2. The number of aromatic nitrogens is 3. The van der Waals surface area contributed by atoms with Crippen LogP contribution in [0.25, 0.3) is 11.2 Å². The summed E-state index contributed by atoms with van der Waals surface area (Å²) < 4.78 is 2.12. The van der Waals surface area contributed by atoms with Gasteiger partial charge in [-0.1, -0.05) is 30.3 Å². The topological polar surface area (TPSA) is 40.4 Å². The van der Waals surface area contributed by atoms with E-state index in [0.29, 0.717) is 0 Å². The van der Waals surface area contributed by atoms with Crippen molar-refractivity contribution < 1.29 is 0 Å². The summed E-state index contributed by atoms with van der Waals surface area (Å²) in [6, 6.07) is 12.7. The number of nitrogens with zero attached hydrogens (tertiary/aromatic N) is 6. The highest BCUT2D eigenvalue weighted by atomic mass is 15.4. The molecular weight excluding hydrogens is 324 g/mol. The molecule has 6 heteroatoms. The van der Waals surface area contributed by atoms with Crippen molar-refractivity contribution in [3.05, 3.63) is 48.2 Å². The molecule has 0 aliphatic carbocycles. The van der Waals surface area contributed by atoms with Gasteiger partial charge in [0.2, 0.25) is 5.95 Å². The molecule has 4 rings (SSSR count). The van der Waals surface area contributed by atoms with Crippen molar-refractivity contribution in [3.63, 3.8) is 0 Å². The summed E-state index contributed by atoms with van der Waals surface area (Å²) >= 11 is 0. The quantitative estimate of drug-likeness (QED) is 0.722. The Morgan fingerprint density at radius 3 is 2.42 bits per heavy atom. The van der Waals surface area contributed by atoms with Crippen LogP contribution >= 0.6 is 0 Å². The van der Waals surface area contributed by atoms with Gasteiger partial charge in [-0.15, -0.1) is 0 Å². The molecule has 0 radical (unpaired) electrons. The third-order valence-corrected chi connectivity index (χ3v) is 5.10. The first-order valence-electron chi connectivity index (χ1n) is 9.13. The molecule has 0 unspecified atom stereocenters. The van der Waals surface area contributed by atoms with Crippen LogP contribution in [-0.4, -0.2) is 59.7 Å². The van der Waals surface area contributed by atoms with E-state index in [9.17, 15) is 0 Å². The lowest BCUT2D eigenvalue weighted by Gasteiger charge is -2.35. The zero-order valence-corrected chi connectivity index (χ0v) is 15.8. The maximum atomic E-state index is 4.93. The average molecular weight is 350 g/mol. The molecule has 1 aromatic carbocycles. The molecule has 0 N–H and O–H groups in total. The fourth-order valence-corrected chi connectivity index (χ4v) is 3.65. The Hall–Kier alpha value is -2.60. The predicted octanol–water partition coefficient (Wildman–Crippen LogP) is 2.36. The van der Waals surface area contributed by atoms with Gasteiger partial charge in [-0.25, -0.2) is 9.97 Å². The van der Waals surface area contributed by atoms with Gasteiger partial charge in [-0.2, -0.15) is 0 Å². The van der Waals surface area contributed by atoms with Gasteiger partial charge < -0.3 is 9.80 Å². The smallest absolute Gasteiger partial charge is 0.207 e. The molecule has 2 aromatic heterocycles. The van der Waals surface area contributed by atoms with Crippen molar-refractivity contribution in [2.24, 2.45) is 7.05 Å². The van der Waals surface area contributed by atoms with Gasteiger partial charge in [0.25, 0.3) is 0 Å². The van der Waals surface area contributed by atoms with Crippen LogP contribution in [0, 0.1) is 0 Å². The van der Waals surface area contributed by atoms with Crippen molar-refractivity contribution >= 4 is 22.8 Å². The predicted molar refractivity (Wildman–Crippen MR) is 107 cm³/mol. The number of pyridine rings is 1. The third-order valence-electron chi connectivity index (χ3n) is 5.10. The molecule has 0 spiro atoms. The van der Waals surface area contributed by atoms with E-state index in [4.69, 9.17) is 4.98 Å². The van der Waals surface area contributed by atoms with Gasteiger partial charge in [-0.05, 0) is 11.6 Å². The van der Waals surface area contributed by atoms with E-state index in [2.05, 4.69) is 61.6 Å². The van der Waals surface area contributed by atoms with Crippen molar-refractivity contribution in [2.75, 3.05) is 50.1 Å². The normalized spacial score (nSPS) is 15.6. The lowest BCUT2D eigenvalue weighted by molar-refractivity contribution is 0.248. The van der Waals surface area contributed by atoms with Gasteiger partial charge in [0.1, 0.15) is 5.52 Å². The van der Waals surface area contributed by atoms with Crippen LogP contribution in [0.1, 0.15) is 5.56 Å². The maximum Gasteiger partial charge on any atom is 0.207 e. The molecule has 3 heterocycles. The molecule has 136 valence electrons. The molecule has 0 amide bonds.